The first-order chi connectivity index (χ1) is 10.7. The standard InChI is InChI=1S/C16H19N5O/c17-13-4-1-3-12(19-13)15(22)21-8-2-6-16(10-21)7-5-11-9-18-20-14(11)16/h1,3-4,9H,2,5-8,10H2,(H2,17,19)(H,18,20). The molecule has 0 radical (unpaired) electrons. The number of carbonyl (C=O) groups excluding carboxylic acids is 1. The molecule has 0 bridgehead atoms. The molecule has 22 heavy (non-hydrogen) atoms. The number of fused-ring (bicyclic) bond motifs is 2. The quantitative estimate of drug-likeness (QED) is 0.835. The van der Waals surface area contributed by atoms with Gasteiger partial charge in [0, 0.05) is 24.2 Å². The summed E-state index contributed by atoms with van der Waals surface area (Å²) in [6.07, 6.45) is 6.17. The molecule has 1 unspecified atom stereocenters. The van der Waals surface area contributed by atoms with E-state index in [1.807, 2.05) is 11.1 Å². The molecule has 3 heterocycles. The molecule has 2 aliphatic rings. The number of likely N-dealkylation sites (tertiary alicyclic amines) is 1. The predicted molar refractivity (Wildman–Crippen MR) is 82.4 cm³/mol. The first kappa shape index (κ1) is 13.3. The van der Waals surface area contributed by atoms with Gasteiger partial charge in [-0.3, -0.25) is 9.89 Å². The van der Waals surface area contributed by atoms with Crippen molar-refractivity contribution in [2.45, 2.75) is 31.1 Å². The van der Waals surface area contributed by atoms with Gasteiger partial charge in [0.2, 0.25) is 0 Å². The molecule has 3 N–H and O–H groups in total. The molecular weight excluding hydrogens is 278 g/mol. The molecule has 1 aliphatic carbocycles. The third-order valence-electron chi connectivity index (χ3n) is 4.97. The van der Waals surface area contributed by atoms with Crippen LogP contribution >= 0.6 is 0 Å². The molecule has 6 nitrogen and oxygen atoms in total. The Labute approximate surface area is 128 Å². The number of piperidine rings is 1. The Morgan fingerprint density at radius 1 is 1.36 bits per heavy atom. The molecule has 1 amide bonds. The highest BCUT2D eigenvalue weighted by Crippen LogP contribution is 2.43. The first-order valence-corrected chi connectivity index (χ1v) is 7.72. The highest BCUT2D eigenvalue weighted by Gasteiger charge is 2.44. The second-order valence-corrected chi connectivity index (χ2v) is 6.33. The fourth-order valence-corrected chi connectivity index (χ4v) is 3.90. The van der Waals surface area contributed by atoms with E-state index in [0.29, 0.717) is 11.5 Å². The van der Waals surface area contributed by atoms with E-state index in [4.69, 9.17) is 5.73 Å². The largest absolute Gasteiger partial charge is 0.384 e. The molecule has 2 aromatic heterocycles. The number of amides is 1. The van der Waals surface area contributed by atoms with Gasteiger partial charge in [-0.25, -0.2) is 4.98 Å². The van der Waals surface area contributed by atoms with Crippen molar-refractivity contribution in [1.82, 2.24) is 20.1 Å². The lowest BCUT2D eigenvalue weighted by atomic mass is 9.77. The van der Waals surface area contributed by atoms with Crippen molar-refractivity contribution >= 4 is 11.7 Å². The summed E-state index contributed by atoms with van der Waals surface area (Å²) < 4.78 is 0. The maximum absolute atomic E-state index is 12.7. The molecule has 6 heteroatoms. The maximum Gasteiger partial charge on any atom is 0.272 e. The van der Waals surface area contributed by atoms with E-state index in [1.165, 1.54) is 11.3 Å². The van der Waals surface area contributed by atoms with E-state index >= 15 is 0 Å². The van der Waals surface area contributed by atoms with Crippen LogP contribution in [0.1, 0.15) is 41.0 Å². The number of aryl methyl sites for hydroxylation is 1. The van der Waals surface area contributed by atoms with Gasteiger partial charge in [0.15, 0.2) is 0 Å². The Kier molecular flexibility index (Phi) is 2.92. The minimum Gasteiger partial charge on any atom is -0.384 e. The maximum atomic E-state index is 12.7. The third-order valence-corrected chi connectivity index (χ3v) is 4.97. The molecule has 1 spiro atoms. The minimum absolute atomic E-state index is 0.0284. The van der Waals surface area contributed by atoms with Crippen LogP contribution in [0.4, 0.5) is 5.82 Å². The van der Waals surface area contributed by atoms with Gasteiger partial charge in [-0.05, 0) is 43.4 Å². The fourth-order valence-electron chi connectivity index (χ4n) is 3.90. The van der Waals surface area contributed by atoms with E-state index in [-0.39, 0.29) is 11.3 Å². The third kappa shape index (κ3) is 1.98. The lowest BCUT2D eigenvalue weighted by Crippen LogP contribution is -2.48. The summed E-state index contributed by atoms with van der Waals surface area (Å²) in [6.45, 7) is 1.51. The van der Waals surface area contributed by atoms with Crippen molar-refractivity contribution in [2.75, 3.05) is 18.8 Å². The molecule has 1 atom stereocenters. The van der Waals surface area contributed by atoms with Crippen LogP contribution in [-0.2, 0) is 11.8 Å². The average molecular weight is 297 g/mol. The van der Waals surface area contributed by atoms with Crippen LogP contribution in [0.2, 0.25) is 0 Å². The summed E-state index contributed by atoms with van der Waals surface area (Å²) in [5.74, 6) is 0.355. The van der Waals surface area contributed by atoms with Gasteiger partial charge in [0.05, 0.1) is 6.20 Å². The van der Waals surface area contributed by atoms with Crippen molar-refractivity contribution in [2.24, 2.45) is 0 Å². The zero-order valence-corrected chi connectivity index (χ0v) is 12.4. The van der Waals surface area contributed by atoms with E-state index in [2.05, 4.69) is 15.2 Å². The van der Waals surface area contributed by atoms with Crippen molar-refractivity contribution in [3.8, 4) is 0 Å². The van der Waals surface area contributed by atoms with Gasteiger partial charge >= 0.3 is 0 Å². The molecule has 1 saturated heterocycles. The van der Waals surface area contributed by atoms with E-state index < -0.39 is 0 Å². The Hall–Kier alpha value is -2.37. The number of nitrogens with one attached hydrogen (secondary N) is 1. The SMILES string of the molecule is Nc1cccc(C(=O)N2CCCC3(CCc4cn[nH]c43)C2)n1. The lowest BCUT2D eigenvalue weighted by Gasteiger charge is -2.40. The number of carbonyl (C=O) groups is 1. The van der Waals surface area contributed by atoms with Crippen molar-refractivity contribution in [1.29, 1.82) is 0 Å². The number of hydrogen-bond donors (Lipinski definition) is 2. The Balaban J connectivity index is 1.61. The van der Waals surface area contributed by atoms with Gasteiger partial charge in [-0.2, -0.15) is 5.10 Å². The summed E-state index contributed by atoms with van der Waals surface area (Å²) in [4.78, 5) is 18.8. The van der Waals surface area contributed by atoms with Crippen LogP contribution in [0.25, 0.3) is 0 Å². The van der Waals surface area contributed by atoms with Crippen molar-refractivity contribution in [3.05, 3.63) is 41.3 Å². The van der Waals surface area contributed by atoms with E-state index in [0.717, 1.165) is 38.8 Å². The molecular formula is C16H19N5O. The van der Waals surface area contributed by atoms with E-state index in [1.54, 1.807) is 18.2 Å². The van der Waals surface area contributed by atoms with Gasteiger partial charge in [0.1, 0.15) is 11.5 Å². The van der Waals surface area contributed by atoms with Crippen molar-refractivity contribution in [3.63, 3.8) is 0 Å². The Morgan fingerprint density at radius 3 is 3.14 bits per heavy atom. The monoisotopic (exact) mass is 297 g/mol. The summed E-state index contributed by atoms with van der Waals surface area (Å²) in [7, 11) is 0. The lowest BCUT2D eigenvalue weighted by molar-refractivity contribution is 0.0627. The van der Waals surface area contributed by atoms with E-state index in [9.17, 15) is 4.79 Å². The van der Waals surface area contributed by atoms with Gasteiger partial charge in [-0.1, -0.05) is 6.07 Å². The second kappa shape index (κ2) is 4.83. The first-order valence-electron chi connectivity index (χ1n) is 7.72. The highest BCUT2D eigenvalue weighted by molar-refractivity contribution is 5.92. The topological polar surface area (TPSA) is 87.9 Å². The Bertz CT molecular complexity index is 725. The minimum atomic E-state index is -0.0284. The summed E-state index contributed by atoms with van der Waals surface area (Å²) >= 11 is 0. The zero-order valence-electron chi connectivity index (χ0n) is 12.4. The molecule has 2 aromatic rings. The number of anilines is 1. The number of hydrogen-bond acceptors (Lipinski definition) is 4. The van der Waals surface area contributed by atoms with Crippen LogP contribution < -0.4 is 5.73 Å². The van der Waals surface area contributed by atoms with Crippen LogP contribution in [0, 0.1) is 0 Å². The summed E-state index contributed by atoms with van der Waals surface area (Å²) in [5, 5.41) is 7.34. The normalized spacial score (nSPS) is 23.7. The summed E-state index contributed by atoms with van der Waals surface area (Å²) in [6, 6.07) is 5.20. The van der Waals surface area contributed by atoms with Gasteiger partial charge < -0.3 is 10.6 Å². The number of nitrogen functional groups attached to an aromatic ring is 1. The number of pyridine rings is 1. The Morgan fingerprint density at radius 2 is 2.27 bits per heavy atom. The zero-order chi connectivity index (χ0) is 15.2. The van der Waals surface area contributed by atoms with Gasteiger partial charge in [-0.15, -0.1) is 0 Å². The number of H-pyrrole nitrogens is 1. The van der Waals surface area contributed by atoms with Crippen LogP contribution in [0.5, 0.6) is 0 Å². The van der Waals surface area contributed by atoms with Crippen LogP contribution in [0.3, 0.4) is 0 Å². The number of nitrogens with zero attached hydrogens (tertiary/aromatic N) is 3. The second-order valence-electron chi connectivity index (χ2n) is 6.33. The predicted octanol–water partition coefficient (Wildman–Crippen LogP) is 1.51. The molecule has 0 aromatic carbocycles. The molecule has 0 saturated carbocycles. The van der Waals surface area contributed by atoms with Crippen molar-refractivity contribution < 1.29 is 4.79 Å². The van der Waals surface area contributed by atoms with Crippen LogP contribution in [0.15, 0.2) is 24.4 Å². The fraction of sp³-hybridized carbons (Fsp3) is 0.438. The summed E-state index contributed by atoms with van der Waals surface area (Å²) in [5.41, 5.74) is 8.70. The molecule has 1 fully saturated rings. The van der Waals surface area contributed by atoms with Crippen LogP contribution in [-0.4, -0.2) is 39.1 Å². The number of nitrogens with two attached hydrogens (primary N) is 1. The van der Waals surface area contributed by atoms with Gasteiger partial charge in [0.25, 0.3) is 5.91 Å². The average Bonchev–Trinajstić information content (AvgIpc) is 3.12. The number of aromatic nitrogens is 3. The number of aromatic amines is 1. The molecule has 1 aliphatic heterocycles. The molecule has 114 valence electrons. The highest BCUT2D eigenvalue weighted by atomic mass is 16.2. The number of rotatable bonds is 1. The smallest absolute Gasteiger partial charge is 0.272 e. The molecule has 4 rings (SSSR count).